The molecular weight excluding hydrogens is 328 g/mol. The summed E-state index contributed by atoms with van der Waals surface area (Å²) in [4.78, 5) is 36.7. The van der Waals surface area contributed by atoms with Crippen LogP contribution < -0.4 is 5.32 Å². The molecule has 2 amide bonds. The fourth-order valence-corrected chi connectivity index (χ4v) is 3.13. The third kappa shape index (κ3) is 5.26. The van der Waals surface area contributed by atoms with Crippen LogP contribution in [-0.4, -0.2) is 53.5 Å². The number of esters is 1. The number of hydrogen-bond acceptors (Lipinski definition) is 5. The lowest BCUT2D eigenvalue weighted by Gasteiger charge is -2.18. The maximum atomic E-state index is 12.0. The minimum Gasteiger partial charge on any atom is -0.451 e. The van der Waals surface area contributed by atoms with E-state index in [9.17, 15) is 14.4 Å². The molecule has 2 atom stereocenters. The van der Waals surface area contributed by atoms with E-state index in [-0.39, 0.29) is 23.6 Å². The fraction of sp³-hybridized carbons (Fsp3) is 0.471. The monoisotopic (exact) mass is 350 g/mol. The molecule has 1 aromatic rings. The van der Waals surface area contributed by atoms with E-state index in [2.05, 4.69) is 5.32 Å². The Hall–Kier alpha value is -2.02. The van der Waals surface area contributed by atoms with E-state index < -0.39 is 12.1 Å². The van der Waals surface area contributed by atoms with Crippen molar-refractivity contribution in [3.8, 4) is 0 Å². The Morgan fingerprint density at radius 2 is 2.00 bits per heavy atom. The molecule has 6 nitrogen and oxygen atoms in total. The summed E-state index contributed by atoms with van der Waals surface area (Å²) in [5.74, 6) is -0.0605. The summed E-state index contributed by atoms with van der Waals surface area (Å²) in [7, 11) is 0. The van der Waals surface area contributed by atoms with Crippen molar-refractivity contribution in [2.24, 2.45) is 0 Å². The van der Waals surface area contributed by atoms with Crippen molar-refractivity contribution in [2.75, 3.05) is 25.4 Å². The molecule has 0 bridgehead atoms. The first-order valence-corrected chi connectivity index (χ1v) is 8.89. The molecular formula is C17H22N2O4S. The molecule has 1 aliphatic rings. The molecule has 0 aromatic heterocycles. The molecule has 1 heterocycles. The Labute approximate surface area is 145 Å². The van der Waals surface area contributed by atoms with E-state index in [4.69, 9.17) is 4.74 Å². The fourth-order valence-electron chi connectivity index (χ4n) is 2.31. The summed E-state index contributed by atoms with van der Waals surface area (Å²) >= 11 is 1.18. The summed E-state index contributed by atoms with van der Waals surface area (Å²) in [5, 5.41) is 2.66. The van der Waals surface area contributed by atoms with Gasteiger partial charge in [0, 0.05) is 18.8 Å². The van der Waals surface area contributed by atoms with Gasteiger partial charge in [-0.1, -0.05) is 49.0 Å². The lowest BCUT2D eigenvalue weighted by molar-refractivity contribution is -0.155. The highest BCUT2D eigenvalue weighted by Gasteiger charge is 2.26. The number of carbonyl (C=O) groups excluding carboxylic acids is 3. The van der Waals surface area contributed by atoms with Crippen LogP contribution in [0.15, 0.2) is 30.3 Å². The van der Waals surface area contributed by atoms with E-state index >= 15 is 0 Å². The number of amides is 2. The van der Waals surface area contributed by atoms with E-state index in [1.807, 2.05) is 37.3 Å². The Bertz CT molecular complexity index is 594. The first-order chi connectivity index (χ1) is 11.5. The number of thioether (sulfide) groups is 1. The molecule has 1 aliphatic heterocycles. The second kappa shape index (κ2) is 8.73. The summed E-state index contributed by atoms with van der Waals surface area (Å²) in [5.41, 5.74) is 1.13. The molecule has 0 radical (unpaired) electrons. The molecule has 1 saturated heterocycles. The van der Waals surface area contributed by atoms with Crippen LogP contribution in [0, 0.1) is 0 Å². The van der Waals surface area contributed by atoms with Gasteiger partial charge in [-0.15, -0.1) is 0 Å². The number of rotatable bonds is 7. The number of benzene rings is 1. The van der Waals surface area contributed by atoms with Gasteiger partial charge in [-0.2, -0.15) is 0 Å². The summed E-state index contributed by atoms with van der Waals surface area (Å²) in [6.07, 6.45) is -0.883. The lowest BCUT2D eigenvalue weighted by atomic mass is 10.0. The van der Waals surface area contributed by atoms with Crippen LogP contribution in [0.25, 0.3) is 0 Å². The van der Waals surface area contributed by atoms with Gasteiger partial charge >= 0.3 is 5.97 Å². The highest BCUT2D eigenvalue weighted by atomic mass is 32.2. The van der Waals surface area contributed by atoms with Crippen molar-refractivity contribution in [1.29, 1.82) is 0 Å². The third-order valence-corrected chi connectivity index (χ3v) is 4.69. The molecule has 7 heteroatoms. The first kappa shape index (κ1) is 18.3. The van der Waals surface area contributed by atoms with Crippen molar-refractivity contribution >= 4 is 28.9 Å². The van der Waals surface area contributed by atoms with Gasteiger partial charge < -0.3 is 15.0 Å². The van der Waals surface area contributed by atoms with Gasteiger partial charge in [-0.05, 0) is 18.4 Å². The zero-order valence-corrected chi connectivity index (χ0v) is 14.7. The van der Waals surface area contributed by atoms with Crippen molar-refractivity contribution in [3.05, 3.63) is 35.9 Å². The SMILES string of the molecule is C[C@H](OC(=O)CN1CCSC1=O)C(=O)NC[C@H](C)c1ccccc1. The molecule has 0 unspecified atom stereocenters. The number of carbonyl (C=O) groups is 3. The normalized spacial score (nSPS) is 16.6. The smallest absolute Gasteiger partial charge is 0.326 e. The van der Waals surface area contributed by atoms with E-state index in [0.717, 1.165) is 5.56 Å². The highest BCUT2D eigenvalue weighted by molar-refractivity contribution is 8.13. The first-order valence-electron chi connectivity index (χ1n) is 7.91. The van der Waals surface area contributed by atoms with Crippen LogP contribution >= 0.6 is 11.8 Å². The van der Waals surface area contributed by atoms with Crippen LogP contribution in [0.2, 0.25) is 0 Å². The zero-order valence-electron chi connectivity index (χ0n) is 13.9. The van der Waals surface area contributed by atoms with Gasteiger partial charge in [-0.25, -0.2) is 0 Å². The van der Waals surface area contributed by atoms with Crippen LogP contribution in [-0.2, 0) is 14.3 Å². The average molecular weight is 350 g/mol. The quantitative estimate of drug-likeness (QED) is 0.761. The number of hydrogen-bond donors (Lipinski definition) is 1. The van der Waals surface area contributed by atoms with Crippen LogP contribution in [0.1, 0.15) is 25.3 Å². The molecule has 130 valence electrons. The molecule has 1 aromatic carbocycles. The molecule has 0 saturated carbocycles. The van der Waals surface area contributed by atoms with Crippen molar-refractivity contribution in [3.63, 3.8) is 0 Å². The van der Waals surface area contributed by atoms with E-state index in [1.165, 1.54) is 23.6 Å². The molecule has 1 N–H and O–H groups in total. The van der Waals surface area contributed by atoms with E-state index in [1.54, 1.807) is 0 Å². The second-order valence-corrected chi connectivity index (χ2v) is 6.77. The van der Waals surface area contributed by atoms with Crippen LogP contribution in [0.5, 0.6) is 0 Å². The standard InChI is InChI=1S/C17H22N2O4S/c1-12(14-6-4-3-5-7-14)10-18-16(21)13(2)23-15(20)11-19-8-9-24-17(19)22/h3-7,12-13H,8-11H2,1-2H3,(H,18,21)/t12-,13-/m0/s1. The van der Waals surface area contributed by atoms with Gasteiger partial charge in [0.05, 0.1) is 0 Å². The van der Waals surface area contributed by atoms with Gasteiger partial charge in [0.25, 0.3) is 11.1 Å². The minimum absolute atomic E-state index is 0.107. The Kier molecular flexibility index (Phi) is 6.66. The third-order valence-electron chi connectivity index (χ3n) is 3.79. The minimum atomic E-state index is -0.883. The maximum Gasteiger partial charge on any atom is 0.326 e. The van der Waals surface area contributed by atoms with Gasteiger partial charge in [0.15, 0.2) is 6.10 Å². The maximum absolute atomic E-state index is 12.0. The molecule has 1 fully saturated rings. The van der Waals surface area contributed by atoms with E-state index in [0.29, 0.717) is 18.8 Å². The lowest BCUT2D eigenvalue weighted by Crippen LogP contribution is -2.40. The molecule has 24 heavy (non-hydrogen) atoms. The molecule has 0 aliphatic carbocycles. The average Bonchev–Trinajstić information content (AvgIpc) is 2.97. The van der Waals surface area contributed by atoms with Gasteiger partial charge in [0.1, 0.15) is 6.54 Å². The zero-order chi connectivity index (χ0) is 17.5. The number of ether oxygens (including phenoxy) is 1. The Morgan fingerprint density at radius 1 is 1.29 bits per heavy atom. The Balaban J connectivity index is 1.73. The largest absolute Gasteiger partial charge is 0.451 e. The van der Waals surface area contributed by atoms with Crippen molar-refractivity contribution in [2.45, 2.75) is 25.9 Å². The van der Waals surface area contributed by atoms with Crippen molar-refractivity contribution < 1.29 is 19.1 Å². The summed E-state index contributed by atoms with van der Waals surface area (Å²) < 4.78 is 5.11. The predicted octanol–water partition coefficient (Wildman–Crippen LogP) is 2.01. The van der Waals surface area contributed by atoms with Gasteiger partial charge in [0.2, 0.25) is 0 Å². The summed E-state index contributed by atoms with van der Waals surface area (Å²) in [6, 6.07) is 9.86. The van der Waals surface area contributed by atoms with Crippen LogP contribution in [0.3, 0.4) is 0 Å². The van der Waals surface area contributed by atoms with Crippen molar-refractivity contribution in [1.82, 2.24) is 10.2 Å². The number of nitrogens with zero attached hydrogens (tertiary/aromatic N) is 1. The predicted molar refractivity (Wildman–Crippen MR) is 92.8 cm³/mol. The topological polar surface area (TPSA) is 75.7 Å². The highest BCUT2D eigenvalue weighted by Crippen LogP contribution is 2.17. The second-order valence-electron chi connectivity index (χ2n) is 5.72. The Morgan fingerprint density at radius 3 is 2.62 bits per heavy atom. The van der Waals surface area contributed by atoms with Gasteiger partial charge in [-0.3, -0.25) is 14.4 Å². The number of nitrogens with one attached hydrogen (secondary N) is 1. The molecule has 0 spiro atoms. The van der Waals surface area contributed by atoms with Crippen LogP contribution in [0.4, 0.5) is 4.79 Å². The molecule has 2 rings (SSSR count). The summed E-state index contributed by atoms with van der Waals surface area (Å²) in [6.45, 7) is 4.44.